The number of hydrogen-bond donors (Lipinski definition) is 0. The van der Waals surface area contributed by atoms with Crippen LogP contribution in [0.15, 0.2) is 48.5 Å². The van der Waals surface area contributed by atoms with E-state index >= 15 is 0 Å². The molecule has 3 nitrogen and oxygen atoms in total. The number of ketones is 1. The normalized spacial score (nSPS) is 16.5. The van der Waals surface area contributed by atoms with E-state index in [0.717, 1.165) is 5.56 Å². The molecule has 0 radical (unpaired) electrons. The fraction of sp³-hybridized carbons (Fsp3) is 0.167. The van der Waals surface area contributed by atoms with E-state index in [9.17, 15) is 4.79 Å². The number of ether oxygens (including phenoxy) is 2. The summed E-state index contributed by atoms with van der Waals surface area (Å²) >= 11 is 0. The summed E-state index contributed by atoms with van der Waals surface area (Å²) in [6, 6.07) is 14.9. The van der Waals surface area contributed by atoms with Gasteiger partial charge in [0.15, 0.2) is 5.78 Å². The fourth-order valence-electron chi connectivity index (χ4n) is 2.37. The number of terminal acetylenes is 1. The minimum absolute atomic E-state index is 0.0774. The first-order chi connectivity index (χ1) is 10.3. The van der Waals surface area contributed by atoms with Crippen molar-refractivity contribution in [3.05, 3.63) is 59.7 Å². The molecule has 3 heteroatoms. The van der Waals surface area contributed by atoms with E-state index in [1.165, 1.54) is 0 Å². The standard InChI is InChI=1S/C18H14O3/c1-2-10-20-14-8-9-15-16(19)12-17(21-18(15)11-14)13-6-4-3-5-7-13/h1,3-9,11,17H,10,12H2. The van der Waals surface area contributed by atoms with E-state index in [-0.39, 0.29) is 18.5 Å². The third-order valence-electron chi connectivity index (χ3n) is 3.39. The maximum Gasteiger partial charge on any atom is 0.170 e. The van der Waals surface area contributed by atoms with Crippen LogP contribution < -0.4 is 9.47 Å². The molecule has 0 aromatic heterocycles. The minimum Gasteiger partial charge on any atom is -0.484 e. The molecule has 1 aliphatic rings. The zero-order valence-corrected chi connectivity index (χ0v) is 11.4. The van der Waals surface area contributed by atoms with Crippen LogP contribution in [-0.2, 0) is 0 Å². The predicted molar refractivity (Wildman–Crippen MR) is 79.5 cm³/mol. The molecule has 21 heavy (non-hydrogen) atoms. The summed E-state index contributed by atoms with van der Waals surface area (Å²) in [5, 5.41) is 0. The molecular weight excluding hydrogens is 264 g/mol. The molecule has 0 fully saturated rings. The van der Waals surface area contributed by atoms with Crippen molar-refractivity contribution in [2.24, 2.45) is 0 Å². The Morgan fingerprint density at radius 3 is 2.81 bits per heavy atom. The number of benzene rings is 2. The topological polar surface area (TPSA) is 35.5 Å². The largest absolute Gasteiger partial charge is 0.484 e. The van der Waals surface area contributed by atoms with Crippen molar-refractivity contribution < 1.29 is 14.3 Å². The van der Waals surface area contributed by atoms with Gasteiger partial charge in [0.25, 0.3) is 0 Å². The quantitative estimate of drug-likeness (QED) is 0.807. The van der Waals surface area contributed by atoms with Crippen LogP contribution in [0, 0.1) is 12.3 Å². The van der Waals surface area contributed by atoms with Gasteiger partial charge in [0.05, 0.1) is 12.0 Å². The van der Waals surface area contributed by atoms with Gasteiger partial charge in [-0.15, -0.1) is 6.42 Å². The predicted octanol–water partition coefficient (Wildman–Crippen LogP) is 3.41. The van der Waals surface area contributed by atoms with Gasteiger partial charge in [-0.25, -0.2) is 0 Å². The smallest absolute Gasteiger partial charge is 0.170 e. The number of carbonyl (C=O) groups excluding carboxylic acids is 1. The van der Waals surface area contributed by atoms with Gasteiger partial charge in [-0.3, -0.25) is 4.79 Å². The number of rotatable bonds is 3. The molecule has 0 amide bonds. The molecule has 3 rings (SSSR count). The molecule has 1 unspecified atom stereocenters. The molecule has 2 aromatic rings. The van der Waals surface area contributed by atoms with Crippen LogP contribution in [0.3, 0.4) is 0 Å². The number of carbonyl (C=O) groups is 1. The van der Waals surface area contributed by atoms with Crippen molar-refractivity contribution in [1.29, 1.82) is 0 Å². The van der Waals surface area contributed by atoms with Gasteiger partial charge < -0.3 is 9.47 Å². The van der Waals surface area contributed by atoms with Crippen molar-refractivity contribution in [3.8, 4) is 23.8 Å². The molecule has 0 saturated heterocycles. The summed E-state index contributed by atoms with van der Waals surface area (Å²) < 4.78 is 11.3. The van der Waals surface area contributed by atoms with Gasteiger partial charge in [0.2, 0.25) is 0 Å². The Bertz CT molecular complexity index is 698. The Morgan fingerprint density at radius 2 is 2.05 bits per heavy atom. The summed E-state index contributed by atoms with van der Waals surface area (Å²) in [6.45, 7) is 0.189. The Hall–Kier alpha value is -2.73. The molecule has 2 aromatic carbocycles. The average molecular weight is 278 g/mol. The van der Waals surface area contributed by atoms with Crippen molar-refractivity contribution in [2.45, 2.75) is 12.5 Å². The van der Waals surface area contributed by atoms with E-state index < -0.39 is 0 Å². The molecule has 0 bridgehead atoms. The number of hydrogen-bond acceptors (Lipinski definition) is 3. The summed E-state index contributed by atoms with van der Waals surface area (Å²) in [4.78, 5) is 12.2. The van der Waals surface area contributed by atoms with Gasteiger partial charge in [-0.05, 0) is 17.7 Å². The highest BCUT2D eigenvalue weighted by atomic mass is 16.5. The first-order valence-electron chi connectivity index (χ1n) is 6.73. The van der Waals surface area contributed by atoms with Crippen molar-refractivity contribution in [2.75, 3.05) is 6.61 Å². The van der Waals surface area contributed by atoms with Crippen LogP contribution in [-0.4, -0.2) is 12.4 Å². The van der Waals surface area contributed by atoms with Gasteiger partial charge in [-0.1, -0.05) is 36.3 Å². The van der Waals surface area contributed by atoms with E-state index in [0.29, 0.717) is 23.5 Å². The fourth-order valence-corrected chi connectivity index (χ4v) is 2.37. The van der Waals surface area contributed by atoms with E-state index in [2.05, 4.69) is 5.92 Å². The Balaban J connectivity index is 1.89. The molecule has 0 saturated carbocycles. The first-order valence-corrected chi connectivity index (χ1v) is 6.73. The van der Waals surface area contributed by atoms with Crippen molar-refractivity contribution >= 4 is 5.78 Å². The van der Waals surface area contributed by atoms with Crippen LogP contribution in [0.25, 0.3) is 0 Å². The monoisotopic (exact) mass is 278 g/mol. The van der Waals surface area contributed by atoms with Gasteiger partial charge in [0.1, 0.15) is 24.2 Å². The van der Waals surface area contributed by atoms with Crippen LogP contribution in [0.2, 0.25) is 0 Å². The highest BCUT2D eigenvalue weighted by Crippen LogP contribution is 2.36. The lowest BCUT2D eigenvalue weighted by atomic mass is 9.96. The van der Waals surface area contributed by atoms with E-state index in [1.54, 1.807) is 18.2 Å². The Labute approximate surface area is 123 Å². The lowest BCUT2D eigenvalue weighted by Crippen LogP contribution is -2.20. The molecule has 1 heterocycles. The lowest BCUT2D eigenvalue weighted by Gasteiger charge is -2.25. The van der Waals surface area contributed by atoms with Gasteiger partial charge in [-0.2, -0.15) is 0 Å². The highest BCUT2D eigenvalue weighted by molar-refractivity contribution is 6.00. The van der Waals surface area contributed by atoms with Crippen LogP contribution in [0.4, 0.5) is 0 Å². The molecule has 1 aliphatic heterocycles. The third kappa shape index (κ3) is 2.75. The number of fused-ring (bicyclic) bond motifs is 1. The lowest BCUT2D eigenvalue weighted by molar-refractivity contribution is 0.0849. The van der Waals surface area contributed by atoms with Crippen LogP contribution in [0.1, 0.15) is 28.4 Å². The Kier molecular flexibility index (Phi) is 3.61. The molecular formula is C18H14O3. The SMILES string of the molecule is C#CCOc1ccc2c(c1)OC(c1ccccc1)CC2=O. The second-order valence-electron chi connectivity index (χ2n) is 4.80. The second kappa shape index (κ2) is 5.72. The average Bonchev–Trinajstić information content (AvgIpc) is 2.53. The molecule has 0 N–H and O–H groups in total. The van der Waals surface area contributed by atoms with Crippen molar-refractivity contribution in [3.63, 3.8) is 0 Å². The Morgan fingerprint density at radius 1 is 1.24 bits per heavy atom. The third-order valence-corrected chi connectivity index (χ3v) is 3.39. The zero-order valence-electron chi connectivity index (χ0n) is 11.4. The van der Waals surface area contributed by atoms with Gasteiger partial charge in [0, 0.05) is 6.07 Å². The van der Waals surface area contributed by atoms with Crippen LogP contribution in [0.5, 0.6) is 11.5 Å². The van der Waals surface area contributed by atoms with E-state index in [4.69, 9.17) is 15.9 Å². The summed E-state index contributed by atoms with van der Waals surface area (Å²) in [7, 11) is 0. The minimum atomic E-state index is -0.255. The molecule has 0 aliphatic carbocycles. The van der Waals surface area contributed by atoms with Crippen molar-refractivity contribution in [1.82, 2.24) is 0 Å². The molecule has 0 spiro atoms. The van der Waals surface area contributed by atoms with Gasteiger partial charge >= 0.3 is 0 Å². The zero-order chi connectivity index (χ0) is 14.7. The number of Topliss-reactive ketones (excluding diaryl/α,β-unsaturated/α-hetero) is 1. The summed E-state index contributed by atoms with van der Waals surface area (Å²) in [6.07, 6.45) is 5.27. The first kappa shape index (κ1) is 13.3. The highest BCUT2D eigenvalue weighted by Gasteiger charge is 2.27. The van der Waals surface area contributed by atoms with E-state index in [1.807, 2.05) is 30.3 Å². The van der Waals surface area contributed by atoms with Crippen LogP contribution >= 0.6 is 0 Å². The summed E-state index contributed by atoms with van der Waals surface area (Å²) in [5.74, 6) is 3.64. The molecule has 104 valence electrons. The molecule has 1 atom stereocenters. The maximum atomic E-state index is 12.2. The second-order valence-corrected chi connectivity index (χ2v) is 4.80. The maximum absolute atomic E-state index is 12.2. The summed E-state index contributed by atoms with van der Waals surface area (Å²) in [5.41, 5.74) is 1.58.